The van der Waals surface area contributed by atoms with Crippen molar-refractivity contribution in [1.82, 2.24) is 4.90 Å². The predicted octanol–water partition coefficient (Wildman–Crippen LogP) is 1.85. The fraction of sp³-hybridized carbons (Fsp3) is 0.462. The van der Waals surface area contributed by atoms with Gasteiger partial charge in [-0.25, -0.2) is 0 Å². The molecule has 0 atom stereocenters. The van der Waals surface area contributed by atoms with Crippen LogP contribution in [0.4, 0.5) is 5.69 Å². The van der Waals surface area contributed by atoms with Crippen molar-refractivity contribution >= 4 is 11.6 Å². The molecule has 0 bridgehead atoms. The standard InChI is InChI=1S/C13H16N2O5/c1-19-11-7-9(13(16)14-5-3-4-6-14)10(15(17)18)8-12(11)20-2/h7-8H,3-6H2,1-2H3. The van der Waals surface area contributed by atoms with E-state index >= 15 is 0 Å². The van der Waals surface area contributed by atoms with Crippen molar-refractivity contribution in [3.8, 4) is 11.5 Å². The lowest BCUT2D eigenvalue weighted by Gasteiger charge is -2.16. The number of hydrogen-bond acceptors (Lipinski definition) is 5. The van der Waals surface area contributed by atoms with Gasteiger partial charge in [0.15, 0.2) is 11.5 Å². The summed E-state index contributed by atoms with van der Waals surface area (Å²) in [5, 5.41) is 11.1. The first-order chi connectivity index (χ1) is 9.58. The van der Waals surface area contributed by atoms with Crippen molar-refractivity contribution in [3.63, 3.8) is 0 Å². The number of carbonyl (C=O) groups is 1. The van der Waals surface area contributed by atoms with Crippen LogP contribution in [0.2, 0.25) is 0 Å². The Labute approximate surface area is 116 Å². The van der Waals surface area contributed by atoms with E-state index in [0.717, 1.165) is 12.8 Å². The summed E-state index contributed by atoms with van der Waals surface area (Å²) in [6, 6.07) is 2.60. The number of hydrogen-bond donors (Lipinski definition) is 0. The van der Waals surface area contributed by atoms with Gasteiger partial charge in [-0.05, 0) is 12.8 Å². The number of ether oxygens (including phenoxy) is 2. The number of nitro benzene ring substituents is 1. The van der Waals surface area contributed by atoms with E-state index in [-0.39, 0.29) is 22.9 Å². The van der Waals surface area contributed by atoms with Crippen LogP contribution in [-0.4, -0.2) is 43.0 Å². The molecule has 0 radical (unpaired) electrons. The zero-order chi connectivity index (χ0) is 14.7. The molecule has 1 aliphatic heterocycles. The van der Waals surface area contributed by atoms with E-state index < -0.39 is 4.92 Å². The Morgan fingerprint density at radius 1 is 1.20 bits per heavy atom. The Morgan fingerprint density at radius 2 is 1.75 bits per heavy atom. The summed E-state index contributed by atoms with van der Waals surface area (Å²) in [6.45, 7) is 1.26. The zero-order valence-electron chi connectivity index (χ0n) is 11.4. The van der Waals surface area contributed by atoms with Gasteiger partial charge in [0.2, 0.25) is 0 Å². The molecule has 0 aliphatic carbocycles. The van der Waals surface area contributed by atoms with Gasteiger partial charge < -0.3 is 14.4 Å². The number of nitrogens with zero attached hydrogens (tertiary/aromatic N) is 2. The summed E-state index contributed by atoms with van der Waals surface area (Å²) >= 11 is 0. The van der Waals surface area contributed by atoms with Crippen LogP contribution < -0.4 is 9.47 Å². The molecule has 0 N–H and O–H groups in total. The minimum absolute atomic E-state index is 0.0366. The molecular formula is C13H16N2O5. The van der Waals surface area contributed by atoms with Gasteiger partial charge in [-0.15, -0.1) is 0 Å². The largest absolute Gasteiger partial charge is 0.493 e. The molecule has 108 valence electrons. The van der Waals surface area contributed by atoms with Gasteiger partial charge in [0.1, 0.15) is 5.56 Å². The highest BCUT2D eigenvalue weighted by atomic mass is 16.6. The van der Waals surface area contributed by atoms with Gasteiger partial charge >= 0.3 is 0 Å². The van der Waals surface area contributed by atoms with Gasteiger partial charge in [0.05, 0.1) is 25.2 Å². The van der Waals surface area contributed by atoms with Gasteiger partial charge in [-0.1, -0.05) is 0 Å². The minimum atomic E-state index is -0.578. The zero-order valence-corrected chi connectivity index (χ0v) is 11.4. The number of carbonyl (C=O) groups excluding carboxylic acids is 1. The molecule has 1 fully saturated rings. The monoisotopic (exact) mass is 280 g/mol. The highest BCUT2D eigenvalue weighted by Gasteiger charge is 2.29. The first-order valence-corrected chi connectivity index (χ1v) is 6.28. The Hall–Kier alpha value is -2.31. The number of rotatable bonds is 4. The smallest absolute Gasteiger partial charge is 0.286 e. The van der Waals surface area contributed by atoms with E-state index in [4.69, 9.17) is 9.47 Å². The third kappa shape index (κ3) is 2.52. The predicted molar refractivity (Wildman–Crippen MR) is 71.3 cm³/mol. The van der Waals surface area contributed by atoms with Crippen LogP contribution in [-0.2, 0) is 0 Å². The highest BCUT2D eigenvalue weighted by Crippen LogP contribution is 2.35. The first kappa shape index (κ1) is 14.1. The lowest BCUT2D eigenvalue weighted by Crippen LogP contribution is -2.28. The number of likely N-dealkylation sites (tertiary alicyclic amines) is 1. The van der Waals surface area contributed by atoms with Crippen LogP contribution in [0.5, 0.6) is 11.5 Å². The van der Waals surface area contributed by atoms with Crippen LogP contribution >= 0.6 is 0 Å². The van der Waals surface area contributed by atoms with Gasteiger partial charge in [0.25, 0.3) is 11.6 Å². The molecule has 1 heterocycles. The summed E-state index contributed by atoms with van der Waals surface area (Å²) in [5.41, 5.74) is -0.228. The molecule has 0 unspecified atom stereocenters. The molecule has 1 aromatic rings. The molecule has 0 saturated carbocycles. The van der Waals surface area contributed by atoms with E-state index in [1.54, 1.807) is 4.90 Å². The lowest BCUT2D eigenvalue weighted by atomic mass is 10.1. The molecule has 20 heavy (non-hydrogen) atoms. The van der Waals surface area contributed by atoms with E-state index in [1.807, 2.05) is 0 Å². The Balaban J connectivity index is 2.48. The summed E-state index contributed by atoms with van der Waals surface area (Å²) in [7, 11) is 2.82. The van der Waals surface area contributed by atoms with Crippen molar-refractivity contribution in [2.24, 2.45) is 0 Å². The van der Waals surface area contributed by atoms with Crippen molar-refractivity contribution < 1.29 is 19.2 Å². The number of nitro groups is 1. The summed E-state index contributed by atoms with van der Waals surface area (Å²) in [5.74, 6) is 0.202. The molecule has 1 aromatic carbocycles. The van der Waals surface area contributed by atoms with Crippen molar-refractivity contribution in [2.45, 2.75) is 12.8 Å². The summed E-state index contributed by atoms with van der Waals surface area (Å²) in [4.78, 5) is 24.6. The minimum Gasteiger partial charge on any atom is -0.493 e. The normalized spacial score (nSPS) is 14.2. The Bertz CT molecular complexity index is 538. The maximum absolute atomic E-state index is 12.4. The molecule has 7 nitrogen and oxygen atoms in total. The second-order valence-corrected chi connectivity index (χ2v) is 4.48. The molecular weight excluding hydrogens is 264 g/mol. The molecule has 1 amide bonds. The second-order valence-electron chi connectivity index (χ2n) is 4.48. The van der Waals surface area contributed by atoms with E-state index in [0.29, 0.717) is 18.8 Å². The average molecular weight is 280 g/mol. The van der Waals surface area contributed by atoms with Crippen LogP contribution in [0.3, 0.4) is 0 Å². The van der Waals surface area contributed by atoms with Gasteiger partial charge in [0, 0.05) is 19.2 Å². The molecule has 1 aliphatic rings. The average Bonchev–Trinajstić information content (AvgIpc) is 2.98. The fourth-order valence-electron chi connectivity index (χ4n) is 2.28. The van der Waals surface area contributed by atoms with E-state index in [2.05, 4.69) is 0 Å². The van der Waals surface area contributed by atoms with Crippen LogP contribution in [0.1, 0.15) is 23.2 Å². The van der Waals surface area contributed by atoms with Crippen molar-refractivity contribution in [2.75, 3.05) is 27.3 Å². The van der Waals surface area contributed by atoms with Crippen molar-refractivity contribution in [1.29, 1.82) is 0 Å². The quantitative estimate of drug-likeness (QED) is 0.621. The third-order valence-electron chi connectivity index (χ3n) is 3.32. The fourth-order valence-corrected chi connectivity index (χ4v) is 2.28. The van der Waals surface area contributed by atoms with Crippen molar-refractivity contribution in [3.05, 3.63) is 27.8 Å². The molecule has 0 aromatic heterocycles. The Morgan fingerprint density at radius 3 is 2.25 bits per heavy atom. The van der Waals surface area contributed by atoms with Crippen LogP contribution in [0.25, 0.3) is 0 Å². The third-order valence-corrected chi connectivity index (χ3v) is 3.32. The molecule has 7 heteroatoms. The number of benzene rings is 1. The summed E-state index contributed by atoms with van der Waals surface area (Å²) in [6.07, 6.45) is 1.85. The topological polar surface area (TPSA) is 81.9 Å². The highest BCUT2D eigenvalue weighted by molar-refractivity contribution is 5.99. The number of methoxy groups -OCH3 is 2. The molecule has 2 rings (SSSR count). The first-order valence-electron chi connectivity index (χ1n) is 6.28. The second kappa shape index (κ2) is 5.77. The summed E-state index contributed by atoms with van der Waals surface area (Å²) < 4.78 is 10.1. The lowest BCUT2D eigenvalue weighted by molar-refractivity contribution is -0.385. The maximum atomic E-state index is 12.4. The van der Waals surface area contributed by atoms with Crippen LogP contribution in [0.15, 0.2) is 12.1 Å². The van der Waals surface area contributed by atoms with Gasteiger partial charge in [-0.2, -0.15) is 0 Å². The van der Waals surface area contributed by atoms with E-state index in [9.17, 15) is 14.9 Å². The maximum Gasteiger partial charge on any atom is 0.286 e. The SMILES string of the molecule is COc1cc(C(=O)N2CCCC2)c([N+](=O)[O-])cc1OC. The molecule has 0 spiro atoms. The Kier molecular flexibility index (Phi) is 4.07. The number of amides is 1. The van der Waals surface area contributed by atoms with E-state index in [1.165, 1.54) is 26.4 Å². The van der Waals surface area contributed by atoms with Crippen LogP contribution in [0, 0.1) is 10.1 Å². The molecule has 1 saturated heterocycles. The van der Waals surface area contributed by atoms with Gasteiger partial charge in [-0.3, -0.25) is 14.9 Å².